The van der Waals surface area contributed by atoms with Crippen molar-refractivity contribution in [2.24, 2.45) is 0 Å². The topological polar surface area (TPSA) is 51.2 Å². The molecule has 16 heavy (non-hydrogen) atoms. The second-order valence-electron chi connectivity index (χ2n) is 3.56. The summed E-state index contributed by atoms with van der Waals surface area (Å²) in [5.74, 6) is -0.309. The molecule has 1 rings (SSSR count). The van der Waals surface area contributed by atoms with Crippen LogP contribution in [-0.2, 0) is 4.74 Å². The zero-order chi connectivity index (χ0) is 12.0. The van der Waals surface area contributed by atoms with Gasteiger partial charge in [-0.15, -0.1) is 0 Å². The number of unbranched alkanes of at least 4 members (excludes halogenated alkanes) is 2. The molecule has 0 amide bonds. The van der Waals surface area contributed by atoms with Crippen molar-refractivity contribution in [3.05, 3.63) is 10.6 Å². The molecule has 0 unspecified atom stereocenters. The maximum Gasteiger partial charge on any atom is 0.350 e. The van der Waals surface area contributed by atoms with Gasteiger partial charge in [0, 0.05) is 6.54 Å². The number of carbonyl (C=O) groups excluding carboxylic acids is 1. The van der Waals surface area contributed by atoms with Crippen LogP contribution in [0.1, 0.15) is 41.6 Å². The Morgan fingerprint density at radius 3 is 2.88 bits per heavy atom. The van der Waals surface area contributed by atoms with Gasteiger partial charge in [-0.3, -0.25) is 0 Å². The molecule has 4 nitrogen and oxygen atoms in total. The number of nitrogens with zero attached hydrogens (tertiary/aromatic N) is 1. The second kappa shape index (κ2) is 6.48. The van der Waals surface area contributed by atoms with Gasteiger partial charge >= 0.3 is 5.97 Å². The molecule has 0 aromatic carbocycles. The lowest BCUT2D eigenvalue weighted by molar-refractivity contribution is 0.0605. The third-order valence-electron chi connectivity index (χ3n) is 2.22. The number of rotatable bonds is 6. The molecule has 0 fully saturated rings. The highest BCUT2D eigenvalue weighted by molar-refractivity contribution is 7.17. The normalized spacial score (nSPS) is 10.2. The third-order valence-corrected chi connectivity index (χ3v) is 3.32. The molecular weight excluding hydrogens is 224 g/mol. The fourth-order valence-corrected chi connectivity index (χ4v) is 2.23. The molecule has 0 aliphatic rings. The lowest BCUT2D eigenvalue weighted by atomic mass is 10.2. The van der Waals surface area contributed by atoms with Gasteiger partial charge in [-0.1, -0.05) is 31.1 Å². The van der Waals surface area contributed by atoms with Crippen molar-refractivity contribution in [3.63, 3.8) is 0 Å². The van der Waals surface area contributed by atoms with Gasteiger partial charge in [-0.05, 0) is 13.3 Å². The summed E-state index contributed by atoms with van der Waals surface area (Å²) in [6, 6.07) is 0. The van der Waals surface area contributed by atoms with Crippen LogP contribution in [0.5, 0.6) is 0 Å². The van der Waals surface area contributed by atoms with E-state index in [0.29, 0.717) is 4.88 Å². The van der Waals surface area contributed by atoms with Crippen LogP contribution >= 0.6 is 11.3 Å². The number of thiazole rings is 1. The number of methoxy groups -OCH3 is 1. The Morgan fingerprint density at radius 1 is 1.50 bits per heavy atom. The first-order valence-electron chi connectivity index (χ1n) is 5.48. The van der Waals surface area contributed by atoms with Gasteiger partial charge in [0.15, 0.2) is 5.13 Å². The Bertz CT molecular complexity index is 350. The van der Waals surface area contributed by atoms with E-state index >= 15 is 0 Å². The van der Waals surface area contributed by atoms with Gasteiger partial charge in [-0.25, -0.2) is 9.78 Å². The van der Waals surface area contributed by atoms with Gasteiger partial charge < -0.3 is 10.1 Å². The molecule has 90 valence electrons. The zero-order valence-electron chi connectivity index (χ0n) is 10.0. The Hall–Kier alpha value is -1.10. The summed E-state index contributed by atoms with van der Waals surface area (Å²) in [5.41, 5.74) is 0.731. The summed E-state index contributed by atoms with van der Waals surface area (Å²) in [4.78, 5) is 16.2. The van der Waals surface area contributed by atoms with Crippen molar-refractivity contribution in [2.75, 3.05) is 19.0 Å². The van der Waals surface area contributed by atoms with Gasteiger partial charge in [0.2, 0.25) is 0 Å². The fraction of sp³-hybridized carbons (Fsp3) is 0.636. The summed E-state index contributed by atoms with van der Waals surface area (Å²) in [7, 11) is 1.38. The number of ether oxygens (including phenoxy) is 1. The molecule has 0 spiro atoms. The van der Waals surface area contributed by atoms with E-state index in [4.69, 9.17) is 0 Å². The van der Waals surface area contributed by atoms with Crippen LogP contribution in [-0.4, -0.2) is 24.6 Å². The maximum absolute atomic E-state index is 11.3. The maximum atomic E-state index is 11.3. The van der Waals surface area contributed by atoms with E-state index < -0.39 is 0 Å². The molecule has 0 saturated heterocycles. The minimum atomic E-state index is -0.309. The van der Waals surface area contributed by atoms with Crippen molar-refractivity contribution >= 4 is 22.4 Å². The quantitative estimate of drug-likeness (QED) is 0.615. The molecule has 0 saturated carbocycles. The van der Waals surface area contributed by atoms with Crippen molar-refractivity contribution in [1.29, 1.82) is 0 Å². The van der Waals surface area contributed by atoms with E-state index in [1.54, 1.807) is 0 Å². The van der Waals surface area contributed by atoms with E-state index in [9.17, 15) is 4.79 Å². The molecule has 0 radical (unpaired) electrons. The van der Waals surface area contributed by atoms with Gasteiger partial charge in [0.1, 0.15) is 4.88 Å². The van der Waals surface area contributed by atoms with Gasteiger partial charge in [0.05, 0.1) is 12.8 Å². The van der Waals surface area contributed by atoms with Crippen molar-refractivity contribution in [2.45, 2.75) is 33.1 Å². The molecule has 1 aromatic rings. The van der Waals surface area contributed by atoms with E-state index in [1.807, 2.05) is 6.92 Å². The van der Waals surface area contributed by atoms with E-state index in [2.05, 4.69) is 22.0 Å². The summed E-state index contributed by atoms with van der Waals surface area (Å²) >= 11 is 1.35. The first-order chi connectivity index (χ1) is 7.69. The SMILES string of the molecule is CCCCCNc1nc(C)c(C(=O)OC)s1. The molecule has 0 aliphatic heterocycles. The third kappa shape index (κ3) is 3.48. The summed E-state index contributed by atoms with van der Waals surface area (Å²) in [6.45, 7) is 4.89. The molecule has 0 aliphatic carbocycles. The Morgan fingerprint density at radius 2 is 2.25 bits per heavy atom. The van der Waals surface area contributed by atoms with Gasteiger partial charge in [0.25, 0.3) is 0 Å². The Balaban J connectivity index is 2.52. The zero-order valence-corrected chi connectivity index (χ0v) is 10.8. The molecule has 0 atom stereocenters. The highest BCUT2D eigenvalue weighted by Gasteiger charge is 2.14. The average Bonchev–Trinajstić information content (AvgIpc) is 2.65. The van der Waals surface area contributed by atoms with Crippen molar-refractivity contribution in [3.8, 4) is 0 Å². The molecular formula is C11H18N2O2S. The first kappa shape index (κ1) is 13.0. The van der Waals surface area contributed by atoms with E-state index in [1.165, 1.54) is 31.3 Å². The van der Waals surface area contributed by atoms with Crippen LogP contribution in [0.15, 0.2) is 0 Å². The molecule has 0 bridgehead atoms. The second-order valence-corrected chi connectivity index (χ2v) is 4.56. The van der Waals surface area contributed by atoms with Crippen molar-refractivity contribution in [1.82, 2.24) is 4.98 Å². The lowest BCUT2D eigenvalue weighted by Crippen LogP contribution is -2.00. The Kier molecular flexibility index (Phi) is 5.25. The standard InChI is InChI=1S/C11H18N2O2S/c1-4-5-6-7-12-11-13-8(2)9(16-11)10(14)15-3/h4-7H2,1-3H3,(H,12,13). The number of anilines is 1. The largest absolute Gasteiger partial charge is 0.465 e. The number of nitrogens with one attached hydrogen (secondary N) is 1. The highest BCUT2D eigenvalue weighted by atomic mass is 32.1. The fourth-order valence-electron chi connectivity index (χ4n) is 1.32. The minimum absolute atomic E-state index is 0.309. The number of esters is 1. The average molecular weight is 242 g/mol. The molecule has 1 aromatic heterocycles. The summed E-state index contributed by atoms with van der Waals surface area (Å²) < 4.78 is 4.68. The lowest BCUT2D eigenvalue weighted by Gasteiger charge is -2.00. The first-order valence-corrected chi connectivity index (χ1v) is 6.30. The monoisotopic (exact) mass is 242 g/mol. The van der Waals surface area contributed by atoms with Crippen LogP contribution in [0.25, 0.3) is 0 Å². The van der Waals surface area contributed by atoms with E-state index in [-0.39, 0.29) is 5.97 Å². The molecule has 1 N–H and O–H groups in total. The smallest absolute Gasteiger partial charge is 0.350 e. The number of aryl methyl sites for hydroxylation is 1. The predicted molar refractivity (Wildman–Crippen MR) is 66.2 cm³/mol. The Labute approximate surface area is 100 Å². The minimum Gasteiger partial charge on any atom is -0.465 e. The van der Waals surface area contributed by atoms with Crippen LogP contribution < -0.4 is 5.32 Å². The number of hydrogen-bond acceptors (Lipinski definition) is 5. The van der Waals surface area contributed by atoms with Crippen LogP contribution in [0.4, 0.5) is 5.13 Å². The summed E-state index contributed by atoms with van der Waals surface area (Å²) in [5, 5.41) is 4.02. The number of carbonyl (C=O) groups is 1. The van der Waals surface area contributed by atoms with Crippen LogP contribution in [0, 0.1) is 6.92 Å². The van der Waals surface area contributed by atoms with Gasteiger partial charge in [-0.2, -0.15) is 0 Å². The van der Waals surface area contributed by atoms with E-state index in [0.717, 1.165) is 23.8 Å². The predicted octanol–water partition coefficient (Wildman–Crippen LogP) is 2.84. The summed E-state index contributed by atoms with van der Waals surface area (Å²) in [6.07, 6.45) is 3.54. The number of hydrogen-bond donors (Lipinski definition) is 1. The molecule has 1 heterocycles. The van der Waals surface area contributed by atoms with Crippen LogP contribution in [0.3, 0.4) is 0 Å². The number of aromatic nitrogens is 1. The highest BCUT2D eigenvalue weighted by Crippen LogP contribution is 2.23. The van der Waals surface area contributed by atoms with Crippen molar-refractivity contribution < 1.29 is 9.53 Å². The molecule has 5 heteroatoms. The van der Waals surface area contributed by atoms with Crippen LogP contribution in [0.2, 0.25) is 0 Å².